The Hall–Kier alpha value is -2.84. The maximum absolute atomic E-state index is 13.7. The molecule has 1 aromatic carbocycles. The van der Waals surface area contributed by atoms with Gasteiger partial charge in [-0.15, -0.1) is 0 Å². The summed E-state index contributed by atoms with van der Waals surface area (Å²) in [4.78, 5) is 25.8. The highest BCUT2D eigenvalue weighted by Gasteiger charge is 2.44. The van der Waals surface area contributed by atoms with Gasteiger partial charge in [0.25, 0.3) is 5.91 Å². The summed E-state index contributed by atoms with van der Waals surface area (Å²) in [6.07, 6.45) is -3.87. The molecule has 28 heavy (non-hydrogen) atoms. The fourth-order valence-electron chi connectivity index (χ4n) is 3.43. The second kappa shape index (κ2) is 6.65. The van der Waals surface area contributed by atoms with Gasteiger partial charge < -0.3 is 10.0 Å². The van der Waals surface area contributed by atoms with E-state index in [4.69, 9.17) is 0 Å². The van der Waals surface area contributed by atoms with Crippen LogP contribution in [0, 0.1) is 0 Å². The number of fused-ring (bicyclic) bond motifs is 1. The third kappa shape index (κ3) is 3.48. The van der Waals surface area contributed by atoms with E-state index in [1.807, 2.05) is 0 Å². The van der Waals surface area contributed by atoms with Gasteiger partial charge in [0, 0.05) is 13.1 Å². The molecule has 1 aliphatic heterocycles. The Morgan fingerprint density at radius 2 is 1.82 bits per heavy atom. The van der Waals surface area contributed by atoms with E-state index in [1.54, 1.807) is 45.0 Å². The monoisotopic (exact) mass is 395 g/mol. The lowest BCUT2D eigenvalue weighted by molar-refractivity contribution is -0.146. The van der Waals surface area contributed by atoms with E-state index < -0.39 is 40.8 Å². The predicted octanol–water partition coefficient (Wildman–Crippen LogP) is 3.48. The molecule has 1 unspecified atom stereocenters. The van der Waals surface area contributed by atoms with E-state index in [0.717, 1.165) is 15.8 Å². The first kappa shape index (κ1) is 19.9. The van der Waals surface area contributed by atoms with Crippen LogP contribution in [0.15, 0.2) is 30.5 Å². The second-order valence-electron chi connectivity index (χ2n) is 7.76. The summed E-state index contributed by atoms with van der Waals surface area (Å²) in [5, 5.41) is 13.3. The Bertz CT molecular complexity index is 928. The summed E-state index contributed by atoms with van der Waals surface area (Å²) in [5.41, 5.74) is -1.52. The topological polar surface area (TPSA) is 75.4 Å². The highest BCUT2D eigenvalue weighted by Crippen LogP contribution is 2.36. The van der Waals surface area contributed by atoms with Gasteiger partial charge in [-0.2, -0.15) is 18.3 Å². The average Bonchev–Trinajstić information content (AvgIpc) is 3.05. The predicted molar refractivity (Wildman–Crippen MR) is 93.8 cm³/mol. The van der Waals surface area contributed by atoms with Gasteiger partial charge in [0.2, 0.25) is 0 Å². The molecule has 0 bridgehead atoms. The standard InChI is InChI=1S/C19H20F3N3O3/c1-18(2,3)25-15(19(20,21)22)13(8-23-25)16(26)24-9-11-6-4-5-7-12(11)14(10-24)17(27)28/h4-8,14H,9-10H2,1-3H3,(H,27,28). The Morgan fingerprint density at radius 3 is 2.39 bits per heavy atom. The first-order chi connectivity index (χ1) is 12.9. The first-order valence-electron chi connectivity index (χ1n) is 8.67. The molecule has 1 atom stereocenters. The highest BCUT2D eigenvalue weighted by molar-refractivity contribution is 5.96. The van der Waals surface area contributed by atoms with Crippen LogP contribution >= 0.6 is 0 Å². The quantitative estimate of drug-likeness (QED) is 0.845. The molecule has 150 valence electrons. The van der Waals surface area contributed by atoms with Crippen molar-refractivity contribution in [3.05, 3.63) is 52.8 Å². The number of hydrogen-bond acceptors (Lipinski definition) is 3. The number of amides is 1. The van der Waals surface area contributed by atoms with E-state index in [0.29, 0.717) is 11.1 Å². The Kier molecular flexibility index (Phi) is 4.73. The van der Waals surface area contributed by atoms with Crippen LogP contribution < -0.4 is 0 Å². The minimum atomic E-state index is -4.78. The number of halogens is 3. The number of aliphatic carboxylic acids is 1. The van der Waals surface area contributed by atoms with Crippen molar-refractivity contribution in [1.82, 2.24) is 14.7 Å². The summed E-state index contributed by atoms with van der Waals surface area (Å²) in [6, 6.07) is 6.73. The van der Waals surface area contributed by atoms with Gasteiger partial charge in [0.1, 0.15) is 0 Å². The van der Waals surface area contributed by atoms with E-state index in [1.165, 1.54) is 0 Å². The summed E-state index contributed by atoms with van der Waals surface area (Å²) in [6.45, 7) is 4.50. The molecule has 6 nitrogen and oxygen atoms in total. The molecule has 0 radical (unpaired) electrons. The SMILES string of the molecule is CC(C)(C)n1ncc(C(=O)N2Cc3ccccc3C(C(=O)O)C2)c1C(F)(F)F. The number of aromatic nitrogens is 2. The van der Waals surface area contributed by atoms with Crippen molar-refractivity contribution in [3.8, 4) is 0 Å². The van der Waals surface area contributed by atoms with E-state index in [-0.39, 0.29) is 13.1 Å². The first-order valence-corrected chi connectivity index (χ1v) is 8.67. The lowest BCUT2D eigenvalue weighted by atomic mass is 9.89. The van der Waals surface area contributed by atoms with Gasteiger partial charge in [-0.25, -0.2) is 0 Å². The number of carbonyl (C=O) groups excluding carboxylic acids is 1. The molecule has 0 spiro atoms. The zero-order valence-corrected chi connectivity index (χ0v) is 15.6. The van der Waals surface area contributed by atoms with E-state index in [2.05, 4.69) is 5.10 Å². The van der Waals surface area contributed by atoms with Crippen LogP contribution in [-0.2, 0) is 23.1 Å². The molecule has 0 aliphatic carbocycles. The molecule has 2 aromatic rings. The van der Waals surface area contributed by atoms with Gasteiger partial charge >= 0.3 is 12.1 Å². The second-order valence-corrected chi connectivity index (χ2v) is 7.76. The molecule has 0 saturated carbocycles. The molecular weight excluding hydrogens is 375 g/mol. The van der Waals surface area contributed by atoms with Crippen LogP contribution in [0.5, 0.6) is 0 Å². The molecule has 1 aromatic heterocycles. The van der Waals surface area contributed by atoms with Crippen molar-refractivity contribution in [1.29, 1.82) is 0 Å². The molecule has 1 N–H and O–H groups in total. The maximum Gasteiger partial charge on any atom is 0.433 e. The van der Waals surface area contributed by atoms with Crippen molar-refractivity contribution >= 4 is 11.9 Å². The number of alkyl halides is 3. The molecule has 0 fully saturated rings. The Balaban J connectivity index is 2.04. The molecule has 3 rings (SSSR count). The van der Waals surface area contributed by atoms with Gasteiger partial charge in [-0.05, 0) is 31.9 Å². The molecule has 1 aliphatic rings. The maximum atomic E-state index is 13.7. The summed E-state index contributed by atoms with van der Waals surface area (Å²) < 4.78 is 41.9. The zero-order valence-electron chi connectivity index (χ0n) is 15.6. The van der Waals surface area contributed by atoms with Crippen LogP contribution in [0.4, 0.5) is 13.2 Å². The fraction of sp³-hybridized carbons (Fsp3) is 0.421. The highest BCUT2D eigenvalue weighted by atomic mass is 19.4. The van der Waals surface area contributed by atoms with Crippen molar-refractivity contribution in [2.75, 3.05) is 6.54 Å². The van der Waals surface area contributed by atoms with Gasteiger partial charge in [-0.1, -0.05) is 24.3 Å². The third-order valence-corrected chi connectivity index (χ3v) is 4.68. The largest absolute Gasteiger partial charge is 0.481 e. The number of nitrogens with zero attached hydrogens (tertiary/aromatic N) is 3. The molecular formula is C19H20F3N3O3. The summed E-state index contributed by atoms with van der Waals surface area (Å²) in [7, 11) is 0. The van der Waals surface area contributed by atoms with Crippen molar-refractivity contribution < 1.29 is 27.9 Å². The Morgan fingerprint density at radius 1 is 1.18 bits per heavy atom. The lowest BCUT2D eigenvalue weighted by Crippen LogP contribution is -2.41. The fourth-order valence-corrected chi connectivity index (χ4v) is 3.43. The summed E-state index contributed by atoms with van der Waals surface area (Å²) >= 11 is 0. The minimum absolute atomic E-state index is 0.0385. The van der Waals surface area contributed by atoms with Crippen molar-refractivity contribution in [2.24, 2.45) is 0 Å². The molecule has 9 heteroatoms. The van der Waals surface area contributed by atoms with E-state index in [9.17, 15) is 27.9 Å². The van der Waals surface area contributed by atoms with Crippen LogP contribution in [0.2, 0.25) is 0 Å². The number of benzene rings is 1. The average molecular weight is 395 g/mol. The minimum Gasteiger partial charge on any atom is -0.481 e. The Labute approximate surface area is 159 Å². The number of carboxylic acid groups (broad SMARTS) is 1. The van der Waals surface area contributed by atoms with Crippen molar-refractivity contribution in [2.45, 2.75) is 44.9 Å². The lowest BCUT2D eigenvalue weighted by Gasteiger charge is -2.33. The number of hydrogen-bond donors (Lipinski definition) is 1. The van der Waals surface area contributed by atoms with Gasteiger partial charge in [-0.3, -0.25) is 14.3 Å². The van der Waals surface area contributed by atoms with Crippen LogP contribution in [0.25, 0.3) is 0 Å². The van der Waals surface area contributed by atoms with Crippen molar-refractivity contribution in [3.63, 3.8) is 0 Å². The van der Waals surface area contributed by atoms with E-state index >= 15 is 0 Å². The molecule has 2 heterocycles. The normalized spacial score (nSPS) is 17.4. The molecule has 1 amide bonds. The zero-order chi connectivity index (χ0) is 20.9. The number of carboxylic acids is 1. The number of rotatable bonds is 2. The summed E-state index contributed by atoms with van der Waals surface area (Å²) in [5.74, 6) is -3.02. The van der Waals surface area contributed by atoms with Crippen LogP contribution in [0.1, 0.15) is 53.9 Å². The van der Waals surface area contributed by atoms with Crippen LogP contribution in [-0.4, -0.2) is 38.2 Å². The molecule has 0 saturated heterocycles. The third-order valence-electron chi connectivity index (χ3n) is 4.68. The van der Waals surface area contributed by atoms with Gasteiger partial charge in [0.05, 0.1) is 23.2 Å². The van der Waals surface area contributed by atoms with Gasteiger partial charge in [0.15, 0.2) is 5.69 Å². The van der Waals surface area contributed by atoms with Crippen LogP contribution in [0.3, 0.4) is 0 Å². The number of carbonyl (C=O) groups is 2. The smallest absolute Gasteiger partial charge is 0.433 e.